The van der Waals surface area contributed by atoms with Crippen molar-refractivity contribution >= 4 is 17.5 Å². The van der Waals surface area contributed by atoms with Gasteiger partial charge in [0.15, 0.2) is 17.5 Å². The summed E-state index contributed by atoms with van der Waals surface area (Å²) >= 11 is 0. The van der Waals surface area contributed by atoms with Crippen molar-refractivity contribution in [1.82, 2.24) is 25.1 Å². The topological polar surface area (TPSA) is 109 Å². The van der Waals surface area contributed by atoms with Crippen LogP contribution >= 0.6 is 0 Å². The van der Waals surface area contributed by atoms with Gasteiger partial charge < -0.3 is 15.0 Å². The number of hydrogen-bond donors (Lipinski definition) is 2. The molecule has 1 aromatic carbocycles. The van der Waals surface area contributed by atoms with Gasteiger partial charge >= 0.3 is 0 Å². The first-order chi connectivity index (χ1) is 14.6. The lowest BCUT2D eigenvalue weighted by molar-refractivity contribution is -0.115. The number of nitrogens with zero attached hydrogens (tertiary/aromatic N) is 5. The molecule has 3 aromatic rings. The number of anilines is 2. The normalized spacial score (nSPS) is 17.0. The summed E-state index contributed by atoms with van der Waals surface area (Å²) in [6.07, 6.45) is 4.53. The van der Waals surface area contributed by atoms with Crippen LogP contribution in [0.2, 0.25) is 0 Å². The Morgan fingerprint density at radius 1 is 1.23 bits per heavy atom. The van der Waals surface area contributed by atoms with Crippen LogP contribution in [-0.4, -0.2) is 56.9 Å². The number of hydrogen-bond acceptors (Lipinski definition) is 7. The maximum absolute atomic E-state index is 14.8. The fourth-order valence-electron chi connectivity index (χ4n) is 3.97. The van der Waals surface area contributed by atoms with Crippen LogP contribution in [0.5, 0.6) is 0 Å². The van der Waals surface area contributed by atoms with Crippen LogP contribution in [0.1, 0.15) is 19.8 Å². The third kappa shape index (κ3) is 3.28. The maximum atomic E-state index is 14.8. The van der Waals surface area contributed by atoms with E-state index in [-0.39, 0.29) is 19.9 Å². The zero-order valence-electron chi connectivity index (χ0n) is 16.4. The molecule has 156 valence electrons. The molecule has 2 aliphatic heterocycles. The van der Waals surface area contributed by atoms with Crippen molar-refractivity contribution in [3.05, 3.63) is 36.0 Å². The number of aromatic nitrogens is 5. The smallest absolute Gasteiger partial charge is 0.245 e. The Balaban J connectivity index is 0.00000231. The minimum atomic E-state index is -0.429. The molecule has 0 aliphatic carbocycles. The summed E-state index contributed by atoms with van der Waals surface area (Å²) in [6, 6.07) is 3.30. The molecule has 2 aliphatic rings. The molecule has 5 rings (SSSR count). The molecule has 0 radical (unpaired) electrons. The van der Waals surface area contributed by atoms with Crippen molar-refractivity contribution in [2.24, 2.45) is 0 Å². The van der Waals surface area contributed by atoms with Gasteiger partial charge in [-0.2, -0.15) is 5.10 Å². The number of halogens is 1. The number of nitrogens with one attached hydrogen (secondary N) is 2. The van der Waals surface area contributed by atoms with Gasteiger partial charge in [0, 0.05) is 26.2 Å². The fraction of sp³-hybridized carbons (Fsp3) is 0.350. The van der Waals surface area contributed by atoms with Crippen molar-refractivity contribution in [2.75, 3.05) is 30.0 Å². The lowest BCUT2D eigenvalue weighted by Crippen LogP contribution is -2.47. The van der Waals surface area contributed by atoms with Gasteiger partial charge in [-0.25, -0.2) is 19.3 Å². The molecule has 0 spiro atoms. The molecule has 10 heteroatoms. The van der Waals surface area contributed by atoms with Gasteiger partial charge in [0.25, 0.3) is 0 Å². The molecule has 2 N–H and O–H groups in total. The van der Waals surface area contributed by atoms with Crippen molar-refractivity contribution in [1.29, 1.82) is 0 Å². The quantitative estimate of drug-likeness (QED) is 0.682. The van der Waals surface area contributed by atoms with Crippen LogP contribution < -0.4 is 10.2 Å². The minimum absolute atomic E-state index is 0. The van der Waals surface area contributed by atoms with Crippen LogP contribution in [0, 0.1) is 12.7 Å². The fourth-order valence-corrected chi connectivity index (χ4v) is 3.97. The van der Waals surface area contributed by atoms with E-state index in [1.54, 1.807) is 12.3 Å². The molecular weight excluding hydrogens is 389 g/mol. The highest BCUT2D eigenvalue weighted by Crippen LogP contribution is 2.34. The van der Waals surface area contributed by atoms with Crippen LogP contribution in [0.3, 0.4) is 0 Å². The summed E-state index contributed by atoms with van der Waals surface area (Å²) in [4.78, 5) is 27.4. The van der Waals surface area contributed by atoms with Crippen molar-refractivity contribution in [3.63, 3.8) is 0 Å². The number of carbonyl (C=O) groups is 1. The van der Waals surface area contributed by atoms with Gasteiger partial charge in [-0.05, 0) is 37.5 Å². The van der Waals surface area contributed by atoms with Gasteiger partial charge in [-0.3, -0.25) is 9.89 Å². The number of carbonyl (C=O) groups excluding carboxylic acids is 1. The summed E-state index contributed by atoms with van der Waals surface area (Å²) < 4.78 is 20.3. The van der Waals surface area contributed by atoms with Gasteiger partial charge in [-0.1, -0.05) is 0 Å². The number of amides is 1. The first-order valence-electron chi connectivity index (χ1n) is 9.77. The van der Waals surface area contributed by atoms with E-state index in [4.69, 9.17) is 9.72 Å². The Kier molecular flexibility index (Phi) is 4.62. The lowest BCUT2D eigenvalue weighted by Gasteiger charge is -2.37. The average Bonchev–Trinajstić information content (AvgIpc) is 3.29. The highest BCUT2D eigenvalue weighted by atomic mass is 19.1. The number of benzene rings is 1. The minimum Gasteiger partial charge on any atom is -0.381 e. The number of aryl methyl sites for hydroxylation is 1. The van der Waals surface area contributed by atoms with Crippen LogP contribution in [0.15, 0.2) is 24.7 Å². The van der Waals surface area contributed by atoms with Crippen LogP contribution in [-0.2, 0) is 9.53 Å². The molecule has 0 saturated carbocycles. The Bertz CT molecular complexity index is 1100. The summed E-state index contributed by atoms with van der Waals surface area (Å²) in [5, 5.41) is 9.25. The molecule has 1 fully saturated rings. The second kappa shape index (κ2) is 7.45. The van der Waals surface area contributed by atoms with Crippen LogP contribution in [0.4, 0.5) is 16.0 Å². The molecule has 2 aromatic heterocycles. The van der Waals surface area contributed by atoms with Gasteiger partial charge in [0.1, 0.15) is 12.1 Å². The first-order valence-corrected chi connectivity index (χ1v) is 9.77. The predicted octanol–water partition coefficient (Wildman–Crippen LogP) is 2.56. The highest BCUT2D eigenvalue weighted by Gasteiger charge is 2.31. The third-order valence-electron chi connectivity index (χ3n) is 5.49. The molecule has 1 saturated heterocycles. The van der Waals surface area contributed by atoms with E-state index < -0.39 is 5.82 Å². The molecule has 9 nitrogen and oxygen atoms in total. The summed E-state index contributed by atoms with van der Waals surface area (Å²) in [5.74, 6) is 0.860. The van der Waals surface area contributed by atoms with Crippen molar-refractivity contribution < 1.29 is 15.3 Å². The zero-order valence-corrected chi connectivity index (χ0v) is 16.4. The second-order valence-corrected chi connectivity index (χ2v) is 7.43. The molecule has 4 heterocycles. The summed E-state index contributed by atoms with van der Waals surface area (Å²) in [6.45, 7) is 3.40. The van der Waals surface area contributed by atoms with Gasteiger partial charge in [0.2, 0.25) is 5.91 Å². The number of rotatable bonds is 3. The third-order valence-corrected chi connectivity index (χ3v) is 5.49. The van der Waals surface area contributed by atoms with Gasteiger partial charge in [0.05, 0.1) is 24.0 Å². The maximum Gasteiger partial charge on any atom is 0.245 e. The summed E-state index contributed by atoms with van der Waals surface area (Å²) in [7, 11) is 0. The monoisotopic (exact) mass is 411 g/mol. The van der Waals surface area contributed by atoms with E-state index in [0.29, 0.717) is 47.5 Å². The zero-order chi connectivity index (χ0) is 20.7. The first kappa shape index (κ1) is 18.6. The Morgan fingerprint density at radius 2 is 2.07 bits per heavy atom. The van der Waals surface area contributed by atoms with Crippen molar-refractivity contribution in [3.8, 4) is 22.6 Å². The molecule has 30 heavy (non-hydrogen) atoms. The largest absolute Gasteiger partial charge is 0.381 e. The second-order valence-electron chi connectivity index (χ2n) is 7.43. The predicted molar refractivity (Wildman–Crippen MR) is 109 cm³/mol. The Morgan fingerprint density at radius 3 is 2.83 bits per heavy atom. The number of aromatic amines is 1. The average molecular weight is 411 g/mol. The standard InChI is InChI=1S/C20H20FN7O2.H2/c1-11-6-14(18-23-10-24-27-18)15(21)7-13(11)16-8-22-19-20(25-16)28(9-17(29)26-19)12-2-4-30-5-3-12;/h6-8,10,12H,2-5,9H2,1H3,(H,22,26,29)(H,23,24,27);1H. The highest BCUT2D eigenvalue weighted by molar-refractivity contribution is 5.99. The SMILES string of the molecule is Cc1cc(-c2ncn[nH]2)c(F)cc1-c1cnc2c(n1)N(C1CCOCC1)CC(=O)N2.[HH]. The lowest BCUT2D eigenvalue weighted by atomic mass is 10.0. The van der Waals surface area contributed by atoms with E-state index in [9.17, 15) is 9.18 Å². The van der Waals surface area contributed by atoms with E-state index in [0.717, 1.165) is 18.4 Å². The number of H-pyrrole nitrogens is 1. The van der Waals surface area contributed by atoms with E-state index >= 15 is 0 Å². The molecular formula is C20H22FN7O2. The summed E-state index contributed by atoms with van der Waals surface area (Å²) in [5.41, 5.74) is 2.35. The number of fused-ring (bicyclic) bond motifs is 1. The molecule has 0 atom stereocenters. The molecule has 0 bridgehead atoms. The van der Waals surface area contributed by atoms with E-state index in [1.165, 1.54) is 12.4 Å². The van der Waals surface area contributed by atoms with Crippen molar-refractivity contribution in [2.45, 2.75) is 25.8 Å². The molecule has 0 unspecified atom stereocenters. The Labute approximate surface area is 173 Å². The van der Waals surface area contributed by atoms with E-state index in [1.807, 2.05) is 11.8 Å². The van der Waals surface area contributed by atoms with Crippen LogP contribution in [0.25, 0.3) is 22.6 Å². The Hall–Kier alpha value is -3.40. The van der Waals surface area contributed by atoms with E-state index in [2.05, 4.69) is 25.5 Å². The number of ether oxygens (including phenoxy) is 1. The van der Waals surface area contributed by atoms with Gasteiger partial charge in [-0.15, -0.1) is 0 Å². The molecule has 1 amide bonds.